The number of sulfonamides is 1. The van der Waals surface area contributed by atoms with Crippen LogP contribution in [-0.4, -0.2) is 19.6 Å². The third kappa shape index (κ3) is 5.57. The van der Waals surface area contributed by atoms with Crippen molar-refractivity contribution < 1.29 is 18.3 Å². The van der Waals surface area contributed by atoms with Gasteiger partial charge in [0.25, 0.3) is 10.0 Å². The largest absolute Gasteiger partial charge is 0.386 e. The van der Waals surface area contributed by atoms with Crippen LogP contribution in [0.2, 0.25) is 4.34 Å². The van der Waals surface area contributed by atoms with E-state index in [0.717, 1.165) is 16.9 Å². The van der Waals surface area contributed by atoms with Crippen molar-refractivity contribution in [2.24, 2.45) is 0 Å². The molecule has 10 heteroatoms. The summed E-state index contributed by atoms with van der Waals surface area (Å²) in [6, 6.07) is 5.89. The average Bonchev–Trinajstić information content (AvgIpc) is 3.03. The Labute approximate surface area is 192 Å². The van der Waals surface area contributed by atoms with Gasteiger partial charge in [-0.2, -0.15) is 5.26 Å². The van der Waals surface area contributed by atoms with Crippen LogP contribution < -0.4 is 10.0 Å². The van der Waals surface area contributed by atoms with Gasteiger partial charge in [0.15, 0.2) is 0 Å². The Kier molecular flexibility index (Phi) is 7.43. The van der Waals surface area contributed by atoms with E-state index in [9.17, 15) is 23.6 Å². The number of carbonyl (C=O) groups is 1. The molecule has 1 aromatic heterocycles. The van der Waals surface area contributed by atoms with Crippen LogP contribution in [0.1, 0.15) is 75.6 Å². The molecule has 0 aliphatic carbocycles. The first-order chi connectivity index (χ1) is 14.2. The zero-order chi connectivity index (χ0) is 23.7. The number of hydrogen-bond acceptors (Lipinski definition) is 6. The second-order valence-electron chi connectivity index (χ2n) is 8.28. The van der Waals surface area contributed by atoms with Crippen LogP contribution in [-0.2, 0) is 15.6 Å². The normalized spacial score (nSPS) is 12.2. The third-order valence-corrected chi connectivity index (χ3v) is 7.81. The maximum atomic E-state index is 12.7. The predicted molar refractivity (Wildman–Crippen MR) is 123 cm³/mol. The molecule has 31 heavy (non-hydrogen) atoms. The lowest BCUT2D eigenvalue weighted by molar-refractivity contribution is 0.0790. The van der Waals surface area contributed by atoms with Crippen molar-refractivity contribution in [2.75, 3.05) is 5.32 Å². The van der Waals surface area contributed by atoms with Crippen LogP contribution in [0, 0.1) is 11.3 Å². The molecule has 1 heterocycles. The first kappa shape index (κ1) is 25.1. The second kappa shape index (κ2) is 9.17. The molecule has 0 radical (unpaired) electrons. The number of halogens is 1. The molecule has 0 saturated carbocycles. The fourth-order valence-corrected chi connectivity index (χ4v) is 6.09. The van der Waals surface area contributed by atoms with Gasteiger partial charge in [-0.15, -0.1) is 11.3 Å². The fourth-order valence-electron chi connectivity index (χ4n) is 3.16. The van der Waals surface area contributed by atoms with Crippen molar-refractivity contribution >= 4 is 44.7 Å². The standard InChI is InChI=1S/C21H26ClN3O4S2/c1-11(2)14-8-7-13(10-23)17(12(3)4)18(14)24-20(26)25-31(28,29)16-9-15(19(22)30-16)21(5,6)27/h7-9,11-12,27H,1-6H3,(H2,24,25,26). The highest BCUT2D eigenvalue weighted by Crippen LogP contribution is 2.37. The Morgan fingerprint density at radius 3 is 2.29 bits per heavy atom. The fraction of sp³-hybridized carbons (Fsp3) is 0.429. The van der Waals surface area contributed by atoms with E-state index in [-0.39, 0.29) is 25.9 Å². The molecular formula is C21H26ClN3O4S2. The number of nitriles is 1. The minimum atomic E-state index is -4.23. The monoisotopic (exact) mass is 483 g/mol. The molecule has 0 fully saturated rings. The summed E-state index contributed by atoms with van der Waals surface area (Å²) in [5, 5.41) is 22.3. The smallest absolute Gasteiger partial charge is 0.333 e. The van der Waals surface area contributed by atoms with Crippen molar-refractivity contribution in [3.8, 4) is 6.07 Å². The van der Waals surface area contributed by atoms with Crippen LogP contribution in [0.4, 0.5) is 10.5 Å². The molecule has 3 N–H and O–H groups in total. The van der Waals surface area contributed by atoms with E-state index in [1.807, 2.05) is 32.4 Å². The van der Waals surface area contributed by atoms with Crippen molar-refractivity contribution in [1.29, 1.82) is 5.26 Å². The van der Waals surface area contributed by atoms with Crippen LogP contribution in [0.25, 0.3) is 0 Å². The second-order valence-corrected chi connectivity index (χ2v) is 11.8. The molecular weight excluding hydrogens is 458 g/mol. The van der Waals surface area contributed by atoms with Crippen LogP contribution >= 0.6 is 22.9 Å². The molecule has 0 atom stereocenters. The molecule has 0 spiro atoms. The number of urea groups is 1. The van der Waals surface area contributed by atoms with E-state index in [1.165, 1.54) is 19.9 Å². The molecule has 7 nitrogen and oxygen atoms in total. The number of carbonyl (C=O) groups excluding carboxylic acids is 1. The van der Waals surface area contributed by atoms with Crippen LogP contribution in [0.5, 0.6) is 0 Å². The Balaban J connectivity index is 2.42. The van der Waals surface area contributed by atoms with E-state index in [0.29, 0.717) is 16.8 Å². The number of amides is 2. The molecule has 0 unspecified atom stereocenters. The number of nitrogens with zero attached hydrogens (tertiary/aromatic N) is 1. The summed E-state index contributed by atoms with van der Waals surface area (Å²) in [5.41, 5.74) is 1.20. The molecule has 2 amide bonds. The summed E-state index contributed by atoms with van der Waals surface area (Å²) < 4.78 is 27.4. The number of hydrogen-bond donors (Lipinski definition) is 3. The first-order valence-corrected chi connectivity index (χ1v) is 12.3. The van der Waals surface area contributed by atoms with E-state index >= 15 is 0 Å². The zero-order valence-corrected chi connectivity index (χ0v) is 20.6. The minimum absolute atomic E-state index is 0.0302. The molecule has 0 bridgehead atoms. The van der Waals surface area contributed by atoms with Crippen molar-refractivity contribution in [1.82, 2.24) is 4.72 Å². The number of rotatable bonds is 6. The van der Waals surface area contributed by atoms with Gasteiger partial charge in [-0.1, -0.05) is 45.4 Å². The topological polar surface area (TPSA) is 119 Å². The van der Waals surface area contributed by atoms with Gasteiger partial charge in [-0.3, -0.25) is 0 Å². The SMILES string of the molecule is CC(C)c1ccc(C#N)c(C(C)C)c1NC(=O)NS(=O)(=O)c1cc(C(C)(C)O)c(Cl)s1. The Bertz CT molecular complexity index is 1140. The van der Waals surface area contributed by atoms with Gasteiger partial charge in [0.1, 0.15) is 8.55 Å². The number of nitrogens with one attached hydrogen (secondary N) is 2. The quantitative estimate of drug-likeness (QED) is 0.517. The van der Waals surface area contributed by atoms with Crippen LogP contribution in [0.3, 0.4) is 0 Å². The summed E-state index contributed by atoms with van der Waals surface area (Å²) >= 11 is 6.83. The lowest BCUT2D eigenvalue weighted by atomic mass is 9.89. The molecule has 2 rings (SSSR count). The van der Waals surface area contributed by atoms with Gasteiger partial charge in [0.2, 0.25) is 0 Å². The van der Waals surface area contributed by atoms with E-state index in [2.05, 4.69) is 11.4 Å². The highest BCUT2D eigenvalue weighted by Gasteiger charge is 2.28. The number of aliphatic hydroxyl groups is 1. The summed E-state index contributed by atoms with van der Waals surface area (Å²) in [6.07, 6.45) is 0. The van der Waals surface area contributed by atoms with Gasteiger partial charge in [-0.25, -0.2) is 17.9 Å². The minimum Gasteiger partial charge on any atom is -0.386 e. The maximum Gasteiger partial charge on any atom is 0.333 e. The van der Waals surface area contributed by atoms with Gasteiger partial charge < -0.3 is 10.4 Å². The number of thiophene rings is 1. The first-order valence-electron chi connectivity index (χ1n) is 9.61. The maximum absolute atomic E-state index is 12.7. The molecule has 0 saturated heterocycles. The molecule has 1 aromatic carbocycles. The van der Waals surface area contributed by atoms with Crippen molar-refractivity contribution in [3.05, 3.63) is 44.8 Å². The summed E-state index contributed by atoms with van der Waals surface area (Å²) in [7, 11) is -4.23. The zero-order valence-electron chi connectivity index (χ0n) is 18.2. The van der Waals surface area contributed by atoms with Gasteiger partial charge in [-0.05, 0) is 48.9 Å². The molecule has 0 aliphatic rings. The lowest BCUT2D eigenvalue weighted by Crippen LogP contribution is -2.34. The molecule has 168 valence electrons. The summed E-state index contributed by atoms with van der Waals surface area (Å²) in [4.78, 5) is 12.7. The average molecular weight is 484 g/mol. The van der Waals surface area contributed by atoms with Crippen molar-refractivity contribution in [3.63, 3.8) is 0 Å². The Morgan fingerprint density at radius 1 is 1.23 bits per heavy atom. The third-order valence-electron chi connectivity index (χ3n) is 4.65. The highest BCUT2D eigenvalue weighted by atomic mass is 35.5. The van der Waals surface area contributed by atoms with E-state index in [1.54, 1.807) is 12.1 Å². The van der Waals surface area contributed by atoms with E-state index in [4.69, 9.17) is 11.6 Å². The van der Waals surface area contributed by atoms with Crippen molar-refractivity contribution in [2.45, 2.75) is 63.2 Å². The Morgan fingerprint density at radius 2 is 1.84 bits per heavy atom. The molecule has 0 aliphatic heterocycles. The summed E-state index contributed by atoms with van der Waals surface area (Å²) in [6.45, 7) is 10.6. The van der Waals surface area contributed by atoms with Gasteiger partial charge in [0, 0.05) is 5.56 Å². The highest BCUT2D eigenvalue weighted by molar-refractivity contribution is 7.92. The predicted octanol–water partition coefficient (Wildman–Crippen LogP) is 5.26. The lowest BCUT2D eigenvalue weighted by Gasteiger charge is -2.21. The summed E-state index contributed by atoms with van der Waals surface area (Å²) in [5.74, 6) is -0.0479. The number of anilines is 1. The van der Waals surface area contributed by atoms with Gasteiger partial charge in [0.05, 0.1) is 22.9 Å². The molecule has 2 aromatic rings. The van der Waals surface area contributed by atoms with E-state index < -0.39 is 21.7 Å². The van der Waals surface area contributed by atoms with Gasteiger partial charge >= 0.3 is 6.03 Å². The number of benzene rings is 1. The van der Waals surface area contributed by atoms with Crippen LogP contribution in [0.15, 0.2) is 22.4 Å². The Hall–Kier alpha value is -2.12.